The minimum absolute atomic E-state index is 0.0652. The Morgan fingerprint density at radius 2 is 1.04 bits per heavy atom. The van der Waals surface area contributed by atoms with Gasteiger partial charge in [-0.3, -0.25) is 4.79 Å². The van der Waals surface area contributed by atoms with Crippen molar-refractivity contribution in [1.29, 1.82) is 0 Å². The normalized spacial score (nSPS) is 14.1. The first-order valence-electron chi connectivity index (χ1n) is 9.70. The molecule has 26 heavy (non-hydrogen) atoms. The van der Waals surface area contributed by atoms with Crippen molar-refractivity contribution in [1.82, 2.24) is 0 Å². The van der Waals surface area contributed by atoms with Crippen molar-refractivity contribution in [2.75, 3.05) is 7.11 Å². The third-order valence-electron chi connectivity index (χ3n) is 3.69. The maximum Gasteiger partial charge on any atom is 0.308 e. The molecule has 144 valence electrons. The Balaban J connectivity index is 3.62. The fourth-order valence-electron chi connectivity index (χ4n) is 2.12. The van der Waals surface area contributed by atoms with Crippen LogP contribution in [0.25, 0.3) is 0 Å². The third kappa shape index (κ3) is 16.8. The molecule has 0 rings (SSSR count). The van der Waals surface area contributed by atoms with Crippen LogP contribution in [0.5, 0.6) is 0 Å². The quantitative estimate of drug-likeness (QED) is 0.250. The summed E-state index contributed by atoms with van der Waals surface area (Å²) in [6.45, 7) is 4.03. The predicted octanol–water partition coefficient (Wildman–Crippen LogP) is 6.88. The van der Waals surface area contributed by atoms with Gasteiger partial charge in [0.15, 0.2) is 0 Å². The van der Waals surface area contributed by atoms with E-state index in [9.17, 15) is 4.79 Å². The number of ether oxygens (including phenoxy) is 1. The smallest absolute Gasteiger partial charge is 0.308 e. The molecular formula is C24H36O2. The number of carbonyl (C=O) groups excluding carboxylic acids is 1. The Bertz CT molecular complexity index is 504. The van der Waals surface area contributed by atoms with E-state index in [-0.39, 0.29) is 11.9 Å². The van der Waals surface area contributed by atoms with Crippen LogP contribution in [0.1, 0.15) is 58.8 Å². The average Bonchev–Trinajstić information content (AvgIpc) is 2.66. The van der Waals surface area contributed by atoms with Crippen molar-refractivity contribution >= 4 is 5.97 Å². The number of hydrogen-bond acceptors (Lipinski definition) is 2. The highest BCUT2D eigenvalue weighted by molar-refractivity contribution is 5.71. The summed E-state index contributed by atoms with van der Waals surface area (Å²) in [5.74, 6) is -0.214. The molecule has 0 aromatic carbocycles. The number of esters is 1. The summed E-state index contributed by atoms with van der Waals surface area (Å²) in [5, 5.41) is 0. The second-order valence-corrected chi connectivity index (χ2v) is 6.08. The van der Waals surface area contributed by atoms with E-state index < -0.39 is 0 Å². The van der Waals surface area contributed by atoms with E-state index in [2.05, 4.69) is 73.8 Å². The zero-order valence-electron chi connectivity index (χ0n) is 16.8. The van der Waals surface area contributed by atoms with Crippen LogP contribution in [0, 0.1) is 5.92 Å². The maximum absolute atomic E-state index is 11.2. The first-order valence-corrected chi connectivity index (χ1v) is 9.70. The Kier molecular flexibility index (Phi) is 17.7. The molecule has 0 aliphatic rings. The molecule has 0 radical (unpaired) electrons. The van der Waals surface area contributed by atoms with Gasteiger partial charge in [0.2, 0.25) is 0 Å². The van der Waals surface area contributed by atoms with Crippen molar-refractivity contribution in [3.05, 3.63) is 72.9 Å². The van der Waals surface area contributed by atoms with Gasteiger partial charge in [-0.15, -0.1) is 0 Å². The van der Waals surface area contributed by atoms with Gasteiger partial charge in [0.25, 0.3) is 0 Å². The lowest BCUT2D eigenvalue weighted by Crippen LogP contribution is -2.11. The third-order valence-corrected chi connectivity index (χ3v) is 3.69. The topological polar surface area (TPSA) is 26.3 Å². The van der Waals surface area contributed by atoms with Crippen molar-refractivity contribution in [3.63, 3.8) is 0 Å². The van der Waals surface area contributed by atoms with Gasteiger partial charge in [-0.05, 0) is 44.9 Å². The molecule has 0 N–H and O–H groups in total. The minimum Gasteiger partial charge on any atom is -0.469 e. The van der Waals surface area contributed by atoms with E-state index in [1.807, 2.05) is 13.0 Å². The second-order valence-electron chi connectivity index (χ2n) is 6.08. The fraction of sp³-hybridized carbons (Fsp3) is 0.458. The molecule has 2 nitrogen and oxygen atoms in total. The molecule has 0 saturated carbocycles. The molecule has 0 aromatic heterocycles. The van der Waals surface area contributed by atoms with Crippen molar-refractivity contribution in [2.45, 2.75) is 58.8 Å². The molecule has 2 heteroatoms. The highest BCUT2D eigenvalue weighted by Crippen LogP contribution is 2.05. The van der Waals surface area contributed by atoms with Crippen LogP contribution in [0.3, 0.4) is 0 Å². The van der Waals surface area contributed by atoms with Crippen LogP contribution >= 0.6 is 0 Å². The van der Waals surface area contributed by atoms with E-state index in [1.54, 1.807) is 0 Å². The highest BCUT2D eigenvalue weighted by atomic mass is 16.5. The van der Waals surface area contributed by atoms with Gasteiger partial charge >= 0.3 is 5.97 Å². The van der Waals surface area contributed by atoms with Gasteiger partial charge in [-0.1, -0.05) is 86.8 Å². The van der Waals surface area contributed by atoms with E-state index >= 15 is 0 Å². The molecule has 0 spiro atoms. The second kappa shape index (κ2) is 19.2. The van der Waals surface area contributed by atoms with Crippen LogP contribution in [0.15, 0.2) is 72.9 Å². The summed E-state index contributed by atoms with van der Waals surface area (Å²) >= 11 is 0. The molecule has 0 aliphatic carbocycles. The maximum atomic E-state index is 11.2. The first-order chi connectivity index (χ1) is 12.7. The van der Waals surface area contributed by atoms with Crippen LogP contribution in [0.4, 0.5) is 0 Å². The molecule has 0 bridgehead atoms. The van der Waals surface area contributed by atoms with Crippen LogP contribution in [0.2, 0.25) is 0 Å². The molecular weight excluding hydrogens is 320 g/mol. The Labute approximate surface area is 160 Å². The summed E-state index contributed by atoms with van der Waals surface area (Å²) in [5.41, 5.74) is 0. The molecule has 0 fully saturated rings. The fourth-order valence-corrected chi connectivity index (χ4v) is 2.12. The summed E-state index contributed by atoms with van der Waals surface area (Å²) in [6.07, 6.45) is 32.8. The van der Waals surface area contributed by atoms with E-state index in [1.165, 1.54) is 7.11 Å². The van der Waals surface area contributed by atoms with Crippen LogP contribution < -0.4 is 0 Å². The van der Waals surface area contributed by atoms with Crippen molar-refractivity contribution in [3.8, 4) is 0 Å². The molecule has 1 unspecified atom stereocenters. The van der Waals surface area contributed by atoms with E-state index in [0.717, 1.165) is 44.9 Å². The predicted molar refractivity (Wildman–Crippen MR) is 114 cm³/mol. The van der Waals surface area contributed by atoms with Crippen molar-refractivity contribution < 1.29 is 9.53 Å². The highest BCUT2D eigenvalue weighted by Gasteiger charge is 2.09. The number of carbonyl (C=O) groups is 1. The van der Waals surface area contributed by atoms with Gasteiger partial charge in [0, 0.05) is 0 Å². The summed E-state index contributed by atoms with van der Waals surface area (Å²) in [6, 6.07) is 0. The van der Waals surface area contributed by atoms with Crippen molar-refractivity contribution in [2.24, 2.45) is 5.92 Å². The monoisotopic (exact) mass is 356 g/mol. The average molecular weight is 357 g/mol. The largest absolute Gasteiger partial charge is 0.469 e. The van der Waals surface area contributed by atoms with Crippen LogP contribution in [-0.2, 0) is 9.53 Å². The molecule has 0 aliphatic heterocycles. The Morgan fingerprint density at radius 1 is 0.692 bits per heavy atom. The Hall–Kier alpha value is -2.09. The van der Waals surface area contributed by atoms with Gasteiger partial charge in [0.1, 0.15) is 0 Å². The lowest BCUT2D eigenvalue weighted by Gasteiger charge is -2.04. The molecule has 0 amide bonds. The number of allylic oxidation sites excluding steroid dienone is 12. The SMILES string of the molecule is CC/C=C\C/C=C\C/C=C\C/C=C\C/C=C\C/C=C\CC(C)C(=O)OC. The summed E-state index contributed by atoms with van der Waals surface area (Å²) in [4.78, 5) is 11.2. The summed E-state index contributed by atoms with van der Waals surface area (Å²) < 4.78 is 4.69. The number of rotatable bonds is 14. The lowest BCUT2D eigenvalue weighted by molar-refractivity contribution is -0.144. The molecule has 0 heterocycles. The zero-order chi connectivity index (χ0) is 19.3. The lowest BCUT2D eigenvalue weighted by atomic mass is 10.1. The first kappa shape index (κ1) is 23.9. The molecule has 0 aromatic rings. The minimum atomic E-state index is -0.149. The standard InChI is InChI=1S/C24H36O2/c1-4-5-6-7-8-9-10-11-12-13-14-15-16-17-18-19-20-21-22-23(2)24(25)26-3/h5-6,8-9,11-12,14-15,17-18,20-21,23H,4,7,10,13,16,19,22H2,1-3H3/b6-5-,9-8-,12-11-,15-14-,18-17-,21-20-. The molecule has 1 atom stereocenters. The van der Waals surface area contributed by atoms with E-state index in [0.29, 0.717) is 0 Å². The number of methoxy groups -OCH3 is 1. The zero-order valence-corrected chi connectivity index (χ0v) is 16.8. The van der Waals surface area contributed by atoms with Crippen LogP contribution in [-0.4, -0.2) is 13.1 Å². The summed E-state index contributed by atoms with van der Waals surface area (Å²) in [7, 11) is 1.43. The van der Waals surface area contributed by atoms with Gasteiger partial charge in [0.05, 0.1) is 13.0 Å². The van der Waals surface area contributed by atoms with Gasteiger partial charge in [-0.2, -0.15) is 0 Å². The van der Waals surface area contributed by atoms with Gasteiger partial charge in [-0.25, -0.2) is 0 Å². The van der Waals surface area contributed by atoms with E-state index in [4.69, 9.17) is 4.74 Å². The Morgan fingerprint density at radius 3 is 1.38 bits per heavy atom. The molecule has 0 saturated heterocycles. The number of hydrogen-bond donors (Lipinski definition) is 0. The van der Waals surface area contributed by atoms with Gasteiger partial charge < -0.3 is 4.74 Å².